The first-order valence-electron chi connectivity index (χ1n) is 6.62. The van der Waals surface area contributed by atoms with E-state index in [-0.39, 0.29) is 11.3 Å². The Morgan fingerprint density at radius 1 is 1.17 bits per heavy atom. The second-order valence-corrected chi connectivity index (χ2v) is 5.33. The number of carbonyl (C=O) groups is 1. The highest BCUT2D eigenvalue weighted by Crippen LogP contribution is 2.26. The standard InChI is InChI=1S/C14H16F4N2O4/c1-14(2,3)24-13(21)20-19-7-8-4-5-9(22-11(15)16)6-10(8)23-12(17)18/h4-7,11-12H,1-3H3,(H,20,21). The van der Waals surface area contributed by atoms with E-state index in [1.165, 1.54) is 0 Å². The fourth-order valence-electron chi connectivity index (χ4n) is 1.45. The lowest BCUT2D eigenvalue weighted by Gasteiger charge is -2.18. The Bertz CT molecular complexity index is 589. The van der Waals surface area contributed by atoms with Gasteiger partial charge in [0, 0.05) is 11.6 Å². The van der Waals surface area contributed by atoms with E-state index >= 15 is 0 Å². The van der Waals surface area contributed by atoms with Crippen LogP contribution in [-0.4, -0.2) is 31.1 Å². The van der Waals surface area contributed by atoms with Crippen LogP contribution in [0.5, 0.6) is 11.5 Å². The number of hydrogen-bond acceptors (Lipinski definition) is 5. The third-order valence-electron chi connectivity index (χ3n) is 2.18. The maximum atomic E-state index is 12.4. The summed E-state index contributed by atoms with van der Waals surface area (Å²) in [5, 5.41) is 3.52. The van der Waals surface area contributed by atoms with Gasteiger partial charge in [0.25, 0.3) is 0 Å². The van der Waals surface area contributed by atoms with Crippen molar-refractivity contribution in [3.63, 3.8) is 0 Å². The summed E-state index contributed by atoms with van der Waals surface area (Å²) in [7, 11) is 0. The molecule has 134 valence electrons. The second-order valence-electron chi connectivity index (χ2n) is 5.33. The van der Waals surface area contributed by atoms with Gasteiger partial charge in [0.05, 0.1) is 6.21 Å². The van der Waals surface area contributed by atoms with E-state index in [0.29, 0.717) is 0 Å². The largest absolute Gasteiger partial charge is 0.443 e. The van der Waals surface area contributed by atoms with Crippen molar-refractivity contribution in [2.75, 3.05) is 0 Å². The molecule has 0 saturated heterocycles. The van der Waals surface area contributed by atoms with Gasteiger partial charge in [-0.1, -0.05) is 0 Å². The zero-order valence-electron chi connectivity index (χ0n) is 13.1. The Labute approximate surface area is 135 Å². The molecule has 0 spiro atoms. The summed E-state index contributed by atoms with van der Waals surface area (Å²) in [6.45, 7) is -1.36. The van der Waals surface area contributed by atoms with Crippen molar-refractivity contribution in [3.8, 4) is 11.5 Å². The lowest BCUT2D eigenvalue weighted by molar-refractivity contribution is -0.0543. The maximum absolute atomic E-state index is 12.4. The molecule has 0 bridgehead atoms. The minimum Gasteiger partial charge on any atom is -0.443 e. The average molecular weight is 352 g/mol. The van der Waals surface area contributed by atoms with Crippen LogP contribution in [0.15, 0.2) is 23.3 Å². The highest BCUT2D eigenvalue weighted by molar-refractivity contribution is 5.84. The number of ether oxygens (including phenoxy) is 3. The summed E-state index contributed by atoms with van der Waals surface area (Å²) in [6.07, 6.45) is 0.140. The number of halogens is 4. The van der Waals surface area contributed by atoms with Crippen LogP contribution < -0.4 is 14.9 Å². The zero-order chi connectivity index (χ0) is 18.3. The minimum absolute atomic E-state index is 0.00738. The Morgan fingerprint density at radius 3 is 2.33 bits per heavy atom. The molecule has 24 heavy (non-hydrogen) atoms. The third-order valence-corrected chi connectivity index (χ3v) is 2.18. The molecule has 0 saturated carbocycles. The van der Waals surface area contributed by atoms with Gasteiger partial charge in [-0.3, -0.25) is 0 Å². The van der Waals surface area contributed by atoms with Gasteiger partial charge < -0.3 is 14.2 Å². The van der Waals surface area contributed by atoms with Crippen molar-refractivity contribution >= 4 is 12.3 Å². The number of rotatable bonds is 6. The number of alkyl halides is 4. The van der Waals surface area contributed by atoms with Crippen LogP contribution in [0.1, 0.15) is 26.3 Å². The van der Waals surface area contributed by atoms with Crippen LogP contribution in [0, 0.1) is 0 Å². The van der Waals surface area contributed by atoms with E-state index < -0.39 is 30.7 Å². The number of amides is 1. The molecule has 0 unspecified atom stereocenters. The molecule has 0 atom stereocenters. The molecule has 0 aliphatic rings. The molecule has 6 nitrogen and oxygen atoms in total. The molecule has 1 amide bonds. The Morgan fingerprint density at radius 2 is 1.79 bits per heavy atom. The number of hydrazone groups is 1. The van der Waals surface area contributed by atoms with Gasteiger partial charge in [-0.05, 0) is 32.9 Å². The minimum atomic E-state index is -3.18. The molecule has 0 fully saturated rings. The van der Waals surface area contributed by atoms with Crippen LogP contribution in [0.25, 0.3) is 0 Å². The van der Waals surface area contributed by atoms with Crippen LogP contribution in [-0.2, 0) is 4.74 Å². The van der Waals surface area contributed by atoms with Crippen LogP contribution in [0.4, 0.5) is 22.4 Å². The molecule has 0 aliphatic carbocycles. The summed E-state index contributed by atoms with van der Waals surface area (Å²) in [4.78, 5) is 11.4. The summed E-state index contributed by atoms with van der Waals surface area (Å²) in [5.41, 5.74) is 1.30. The second kappa shape index (κ2) is 8.37. The fraction of sp³-hybridized carbons (Fsp3) is 0.429. The monoisotopic (exact) mass is 352 g/mol. The van der Waals surface area contributed by atoms with Gasteiger partial charge in [-0.15, -0.1) is 0 Å². The number of hydrogen-bond donors (Lipinski definition) is 1. The van der Waals surface area contributed by atoms with E-state index in [1.807, 2.05) is 5.43 Å². The maximum Gasteiger partial charge on any atom is 0.428 e. The van der Waals surface area contributed by atoms with Crippen molar-refractivity contribution in [3.05, 3.63) is 23.8 Å². The molecule has 1 N–H and O–H groups in total. The van der Waals surface area contributed by atoms with Crippen molar-refractivity contribution < 1.29 is 36.6 Å². The third kappa shape index (κ3) is 7.65. The van der Waals surface area contributed by atoms with Gasteiger partial charge in [-0.25, -0.2) is 10.2 Å². The SMILES string of the molecule is CC(C)(C)OC(=O)NN=Cc1ccc(OC(F)F)cc1OC(F)F. The van der Waals surface area contributed by atoms with Gasteiger partial charge in [0.15, 0.2) is 0 Å². The highest BCUT2D eigenvalue weighted by Gasteiger charge is 2.16. The van der Waals surface area contributed by atoms with E-state index in [0.717, 1.165) is 24.4 Å². The topological polar surface area (TPSA) is 69.2 Å². The molecule has 1 rings (SSSR count). The quantitative estimate of drug-likeness (QED) is 0.481. The lowest BCUT2D eigenvalue weighted by Crippen LogP contribution is -2.29. The molecule has 0 aliphatic heterocycles. The Hall–Kier alpha value is -2.52. The van der Waals surface area contributed by atoms with Gasteiger partial charge >= 0.3 is 19.3 Å². The zero-order valence-corrected chi connectivity index (χ0v) is 13.1. The van der Waals surface area contributed by atoms with Crippen LogP contribution in [0.3, 0.4) is 0 Å². The highest BCUT2D eigenvalue weighted by atomic mass is 19.3. The first kappa shape index (κ1) is 19.5. The molecule has 1 aromatic carbocycles. The van der Waals surface area contributed by atoms with E-state index in [1.54, 1.807) is 20.8 Å². The number of benzene rings is 1. The fourth-order valence-corrected chi connectivity index (χ4v) is 1.45. The van der Waals surface area contributed by atoms with Crippen LogP contribution >= 0.6 is 0 Å². The predicted molar refractivity (Wildman–Crippen MR) is 76.7 cm³/mol. The van der Waals surface area contributed by atoms with Crippen LogP contribution in [0.2, 0.25) is 0 Å². The molecular formula is C14H16F4N2O4. The summed E-state index contributed by atoms with van der Waals surface area (Å²) in [5.74, 6) is -0.809. The summed E-state index contributed by atoms with van der Waals surface area (Å²) >= 11 is 0. The molecule has 10 heteroatoms. The first-order valence-corrected chi connectivity index (χ1v) is 6.62. The van der Waals surface area contributed by atoms with E-state index in [4.69, 9.17) is 4.74 Å². The number of nitrogens with zero attached hydrogens (tertiary/aromatic N) is 1. The van der Waals surface area contributed by atoms with Crippen molar-refractivity contribution in [2.24, 2.45) is 5.10 Å². The average Bonchev–Trinajstić information content (AvgIpc) is 2.37. The predicted octanol–water partition coefficient (Wildman–Crippen LogP) is 3.75. The number of carbonyl (C=O) groups excluding carboxylic acids is 1. The van der Waals surface area contributed by atoms with Gasteiger partial charge in [-0.2, -0.15) is 22.7 Å². The number of nitrogens with one attached hydrogen (secondary N) is 1. The smallest absolute Gasteiger partial charge is 0.428 e. The van der Waals surface area contributed by atoms with Crippen molar-refractivity contribution in [1.29, 1.82) is 0 Å². The Balaban J connectivity index is 2.85. The molecule has 0 aromatic heterocycles. The van der Waals surface area contributed by atoms with Crippen molar-refractivity contribution in [1.82, 2.24) is 5.43 Å². The summed E-state index contributed by atoms with van der Waals surface area (Å²) in [6, 6.07) is 3.13. The van der Waals surface area contributed by atoms with Crippen molar-refractivity contribution in [2.45, 2.75) is 39.6 Å². The molecular weight excluding hydrogens is 336 g/mol. The Kier molecular flexibility index (Phi) is 6.81. The van der Waals surface area contributed by atoms with Gasteiger partial charge in [0.1, 0.15) is 17.1 Å². The molecule has 0 radical (unpaired) electrons. The molecule has 1 aromatic rings. The first-order chi connectivity index (χ1) is 11.1. The van der Waals surface area contributed by atoms with Gasteiger partial charge in [0.2, 0.25) is 0 Å². The van der Waals surface area contributed by atoms with E-state index in [2.05, 4.69) is 14.6 Å². The van der Waals surface area contributed by atoms with E-state index in [9.17, 15) is 22.4 Å². The normalized spacial score (nSPS) is 11.9. The lowest BCUT2D eigenvalue weighted by atomic mass is 10.2. The summed E-state index contributed by atoms with van der Waals surface area (Å²) < 4.78 is 62.3. The molecule has 0 heterocycles.